The van der Waals surface area contributed by atoms with Crippen molar-refractivity contribution in [3.05, 3.63) is 82.3 Å². The molecular weight excluding hydrogens is 280 g/mol. The second-order valence-electron chi connectivity index (χ2n) is 6.30. The third-order valence-electron chi connectivity index (χ3n) is 4.34. The largest absolute Gasteiger partial charge is 0.260 e. The van der Waals surface area contributed by atoms with Crippen LogP contribution in [-0.4, -0.2) is 9.97 Å². The van der Waals surface area contributed by atoms with Gasteiger partial charge in [0.15, 0.2) is 0 Å². The number of nitrogens with zero attached hydrogens (tertiary/aromatic N) is 2. The van der Waals surface area contributed by atoms with Crippen molar-refractivity contribution in [2.45, 2.75) is 34.1 Å². The molecule has 0 saturated carbocycles. The van der Waals surface area contributed by atoms with Crippen LogP contribution in [0.3, 0.4) is 0 Å². The summed E-state index contributed by atoms with van der Waals surface area (Å²) in [4.78, 5) is 9.17. The van der Waals surface area contributed by atoms with Crippen LogP contribution in [0, 0.1) is 27.7 Å². The summed E-state index contributed by atoms with van der Waals surface area (Å²) in [5.74, 6) is 0. The number of rotatable bonds is 3. The normalized spacial score (nSPS) is 10.8. The molecule has 3 aromatic rings. The average Bonchev–Trinajstić information content (AvgIpc) is 2.53. The Morgan fingerprint density at radius 1 is 0.739 bits per heavy atom. The highest BCUT2D eigenvalue weighted by atomic mass is 14.7. The number of aryl methyl sites for hydroxylation is 4. The molecule has 23 heavy (non-hydrogen) atoms. The van der Waals surface area contributed by atoms with Crippen molar-refractivity contribution >= 4 is 0 Å². The number of pyridine rings is 2. The van der Waals surface area contributed by atoms with E-state index in [0.29, 0.717) is 0 Å². The van der Waals surface area contributed by atoms with E-state index in [-0.39, 0.29) is 0 Å². The van der Waals surface area contributed by atoms with Crippen LogP contribution < -0.4 is 0 Å². The van der Waals surface area contributed by atoms with Gasteiger partial charge in [-0.2, -0.15) is 0 Å². The van der Waals surface area contributed by atoms with Gasteiger partial charge in [-0.15, -0.1) is 0 Å². The fourth-order valence-electron chi connectivity index (χ4n) is 2.67. The molecule has 0 spiro atoms. The molecule has 116 valence electrons. The molecule has 0 unspecified atom stereocenters. The monoisotopic (exact) mass is 302 g/mol. The third kappa shape index (κ3) is 3.48. The van der Waals surface area contributed by atoms with Crippen LogP contribution in [0.2, 0.25) is 0 Å². The summed E-state index contributed by atoms with van der Waals surface area (Å²) >= 11 is 0. The van der Waals surface area contributed by atoms with Gasteiger partial charge in [0.2, 0.25) is 0 Å². The molecule has 2 heterocycles. The molecule has 3 rings (SSSR count). The van der Waals surface area contributed by atoms with E-state index in [1.165, 1.54) is 27.8 Å². The Kier molecular flexibility index (Phi) is 4.24. The Morgan fingerprint density at radius 2 is 1.57 bits per heavy atom. The highest BCUT2D eigenvalue weighted by molar-refractivity contribution is 5.59. The molecule has 2 heteroatoms. The van der Waals surface area contributed by atoms with Crippen molar-refractivity contribution < 1.29 is 0 Å². The van der Waals surface area contributed by atoms with Gasteiger partial charge >= 0.3 is 0 Å². The van der Waals surface area contributed by atoms with Crippen LogP contribution in [0.4, 0.5) is 0 Å². The molecule has 0 bridgehead atoms. The number of hydrogen-bond acceptors (Lipinski definition) is 2. The molecule has 0 N–H and O–H groups in total. The van der Waals surface area contributed by atoms with Gasteiger partial charge in [0.25, 0.3) is 0 Å². The molecule has 2 aromatic heterocycles. The number of benzene rings is 1. The van der Waals surface area contributed by atoms with Crippen molar-refractivity contribution in [1.29, 1.82) is 0 Å². The summed E-state index contributed by atoms with van der Waals surface area (Å²) < 4.78 is 0. The topological polar surface area (TPSA) is 25.8 Å². The van der Waals surface area contributed by atoms with Gasteiger partial charge in [-0.1, -0.05) is 24.3 Å². The molecule has 0 radical (unpaired) electrons. The van der Waals surface area contributed by atoms with Crippen molar-refractivity contribution in [1.82, 2.24) is 9.97 Å². The molecule has 0 aliphatic carbocycles. The summed E-state index contributed by atoms with van der Waals surface area (Å²) in [6.45, 7) is 8.48. The summed E-state index contributed by atoms with van der Waals surface area (Å²) in [5, 5.41) is 0. The lowest BCUT2D eigenvalue weighted by Gasteiger charge is -2.09. The average molecular weight is 302 g/mol. The van der Waals surface area contributed by atoms with Gasteiger partial charge < -0.3 is 0 Å². The zero-order chi connectivity index (χ0) is 16.4. The second-order valence-corrected chi connectivity index (χ2v) is 6.30. The summed E-state index contributed by atoms with van der Waals surface area (Å²) in [6, 6.07) is 13.0. The summed E-state index contributed by atoms with van der Waals surface area (Å²) in [5.41, 5.74) is 9.54. The van der Waals surface area contributed by atoms with Crippen LogP contribution in [0.1, 0.15) is 33.5 Å². The lowest BCUT2D eigenvalue weighted by Crippen LogP contribution is -1.98. The van der Waals surface area contributed by atoms with Crippen LogP contribution in [-0.2, 0) is 6.42 Å². The van der Waals surface area contributed by atoms with E-state index in [4.69, 9.17) is 0 Å². The van der Waals surface area contributed by atoms with E-state index in [2.05, 4.69) is 67.1 Å². The van der Waals surface area contributed by atoms with Gasteiger partial charge in [0.1, 0.15) is 0 Å². The molecular formula is C21H22N2. The molecule has 0 atom stereocenters. The first-order valence-electron chi connectivity index (χ1n) is 7.97. The predicted octanol–water partition coefficient (Wildman–Crippen LogP) is 4.97. The van der Waals surface area contributed by atoms with Crippen molar-refractivity contribution in [3.8, 4) is 11.3 Å². The molecule has 0 amide bonds. The van der Waals surface area contributed by atoms with Gasteiger partial charge in [0, 0.05) is 30.1 Å². The maximum absolute atomic E-state index is 4.68. The standard InChI is InChI=1S/C21H22N2/c1-14-5-8-20(22-12-14)19-10-17(4)21(23-13-19)11-18-7-6-15(2)16(3)9-18/h5-10,12-13H,11H2,1-4H3. The highest BCUT2D eigenvalue weighted by Crippen LogP contribution is 2.21. The zero-order valence-electron chi connectivity index (χ0n) is 14.2. The minimum absolute atomic E-state index is 0.870. The zero-order valence-corrected chi connectivity index (χ0v) is 14.2. The number of hydrogen-bond donors (Lipinski definition) is 0. The maximum Gasteiger partial charge on any atom is 0.0717 e. The first-order chi connectivity index (χ1) is 11.0. The van der Waals surface area contributed by atoms with E-state index in [1.54, 1.807) is 0 Å². The van der Waals surface area contributed by atoms with Gasteiger partial charge in [-0.3, -0.25) is 9.97 Å². The number of aromatic nitrogens is 2. The Hall–Kier alpha value is -2.48. The van der Waals surface area contributed by atoms with Crippen molar-refractivity contribution in [2.75, 3.05) is 0 Å². The smallest absolute Gasteiger partial charge is 0.0717 e. The van der Waals surface area contributed by atoms with Crippen LogP contribution >= 0.6 is 0 Å². The van der Waals surface area contributed by atoms with Crippen LogP contribution in [0.25, 0.3) is 11.3 Å². The molecule has 0 aliphatic rings. The predicted molar refractivity (Wildman–Crippen MR) is 95.7 cm³/mol. The Labute approximate surface area is 138 Å². The molecule has 1 aromatic carbocycles. The van der Waals surface area contributed by atoms with Crippen LogP contribution in [0.5, 0.6) is 0 Å². The minimum Gasteiger partial charge on any atom is -0.260 e. The van der Waals surface area contributed by atoms with E-state index in [9.17, 15) is 0 Å². The summed E-state index contributed by atoms with van der Waals surface area (Å²) in [7, 11) is 0. The second kappa shape index (κ2) is 6.33. The fourth-order valence-corrected chi connectivity index (χ4v) is 2.67. The van der Waals surface area contributed by atoms with E-state index in [0.717, 1.165) is 23.4 Å². The Morgan fingerprint density at radius 3 is 2.22 bits per heavy atom. The first kappa shape index (κ1) is 15.4. The lowest BCUT2D eigenvalue weighted by molar-refractivity contribution is 1.04. The van der Waals surface area contributed by atoms with Gasteiger partial charge in [0.05, 0.1) is 5.69 Å². The molecule has 0 saturated heterocycles. The van der Waals surface area contributed by atoms with E-state index >= 15 is 0 Å². The van der Waals surface area contributed by atoms with Crippen LogP contribution in [0.15, 0.2) is 48.8 Å². The fraction of sp³-hybridized carbons (Fsp3) is 0.238. The lowest BCUT2D eigenvalue weighted by atomic mass is 10.0. The van der Waals surface area contributed by atoms with Gasteiger partial charge in [-0.25, -0.2) is 0 Å². The van der Waals surface area contributed by atoms with Crippen molar-refractivity contribution in [3.63, 3.8) is 0 Å². The first-order valence-corrected chi connectivity index (χ1v) is 7.97. The van der Waals surface area contributed by atoms with Crippen molar-refractivity contribution in [2.24, 2.45) is 0 Å². The molecule has 2 nitrogen and oxygen atoms in total. The minimum atomic E-state index is 0.870. The quantitative estimate of drug-likeness (QED) is 0.683. The third-order valence-corrected chi connectivity index (χ3v) is 4.34. The SMILES string of the molecule is Cc1ccc(-c2cnc(Cc3ccc(C)c(C)c3)c(C)c2)nc1. The van der Waals surface area contributed by atoms with E-state index < -0.39 is 0 Å². The molecule has 0 aliphatic heterocycles. The Bertz CT molecular complexity index is 833. The summed E-state index contributed by atoms with van der Waals surface area (Å²) in [6.07, 6.45) is 4.70. The van der Waals surface area contributed by atoms with E-state index in [1.807, 2.05) is 19.3 Å². The van der Waals surface area contributed by atoms with Gasteiger partial charge in [-0.05, 0) is 67.6 Å². The highest BCUT2D eigenvalue weighted by Gasteiger charge is 2.06. The molecule has 0 fully saturated rings. The maximum atomic E-state index is 4.68. The Balaban J connectivity index is 1.87.